The molecule has 5 heteroatoms. The third-order valence-corrected chi connectivity index (χ3v) is 4.85. The zero-order valence-corrected chi connectivity index (χ0v) is 16.0. The third-order valence-electron chi connectivity index (χ3n) is 4.85. The second kappa shape index (κ2) is 8.71. The van der Waals surface area contributed by atoms with Crippen molar-refractivity contribution in [1.82, 2.24) is 4.90 Å². The molecule has 0 fully saturated rings. The van der Waals surface area contributed by atoms with Crippen molar-refractivity contribution in [2.45, 2.75) is 39.7 Å². The molecule has 0 saturated heterocycles. The summed E-state index contributed by atoms with van der Waals surface area (Å²) in [6.07, 6.45) is 3.40. The van der Waals surface area contributed by atoms with Crippen LogP contribution >= 0.6 is 0 Å². The fourth-order valence-electron chi connectivity index (χ4n) is 3.40. The Bertz CT molecular complexity index is 832. The van der Waals surface area contributed by atoms with Crippen molar-refractivity contribution >= 4 is 17.5 Å². The van der Waals surface area contributed by atoms with Gasteiger partial charge in [0.2, 0.25) is 5.91 Å². The minimum absolute atomic E-state index is 0.0302. The first-order chi connectivity index (χ1) is 13.0. The number of ether oxygens (including phenoxy) is 1. The maximum Gasteiger partial charge on any atom is 0.262 e. The number of aryl methyl sites for hydroxylation is 2. The van der Waals surface area contributed by atoms with Gasteiger partial charge >= 0.3 is 0 Å². The summed E-state index contributed by atoms with van der Waals surface area (Å²) in [6.45, 7) is 4.66. The van der Waals surface area contributed by atoms with Crippen LogP contribution in [0.2, 0.25) is 0 Å². The zero-order valence-electron chi connectivity index (χ0n) is 16.0. The van der Waals surface area contributed by atoms with Crippen molar-refractivity contribution < 1.29 is 14.3 Å². The van der Waals surface area contributed by atoms with E-state index in [1.54, 1.807) is 11.8 Å². The lowest BCUT2D eigenvalue weighted by atomic mass is 10.1. The predicted octanol–water partition coefficient (Wildman–Crippen LogP) is 3.56. The zero-order chi connectivity index (χ0) is 19.2. The van der Waals surface area contributed by atoms with Crippen molar-refractivity contribution in [2.24, 2.45) is 0 Å². The lowest BCUT2D eigenvalue weighted by molar-refractivity contribution is -0.129. The van der Waals surface area contributed by atoms with Crippen molar-refractivity contribution in [3.8, 4) is 5.75 Å². The molecule has 2 amide bonds. The van der Waals surface area contributed by atoms with Crippen LogP contribution in [0.4, 0.5) is 5.69 Å². The largest absolute Gasteiger partial charge is 0.484 e. The highest BCUT2D eigenvalue weighted by Crippen LogP contribution is 2.26. The Balaban J connectivity index is 1.54. The van der Waals surface area contributed by atoms with Gasteiger partial charge in [-0.3, -0.25) is 9.59 Å². The molecule has 1 N–H and O–H groups in total. The predicted molar refractivity (Wildman–Crippen MR) is 106 cm³/mol. The fourth-order valence-corrected chi connectivity index (χ4v) is 3.40. The van der Waals surface area contributed by atoms with E-state index in [1.807, 2.05) is 43.3 Å². The molecular weight excluding hydrogens is 340 g/mol. The summed E-state index contributed by atoms with van der Waals surface area (Å²) < 4.78 is 5.64. The van der Waals surface area contributed by atoms with Gasteiger partial charge in [-0.05, 0) is 67.1 Å². The Morgan fingerprint density at radius 2 is 1.93 bits per heavy atom. The van der Waals surface area contributed by atoms with Crippen molar-refractivity contribution in [3.63, 3.8) is 0 Å². The van der Waals surface area contributed by atoms with Gasteiger partial charge in [0.05, 0.1) is 0 Å². The summed E-state index contributed by atoms with van der Waals surface area (Å²) >= 11 is 0. The lowest BCUT2D eigenvalue weighted by Crippen LogP contribution is -2.27. The van der Waals surface area contributed by atoms with Crippen molar-refractivity contribution in [1.29, 1.82) is 0 Å². The first-order valence-corrected chi connectivity index (χ1v) is 9.44. The van der Waals surface area contributed by atoms with E-state index in [0.717, 1.165) is 24.2 Å². The van der Waals surface area contributed by atoms with Crippen LogP contribution in [0, 0.1) is 0 Å². The summed E-state index contributed by atoms with van der Waals surface area (Å²) in [7, 11) is 0. The smallest absolute Gasteiger partial charge is 0.262 e. The third kappa shape index (κ3) is 5.09. The molecular formula is C22H26N2O3. The molecule has 0 aliphatic heterocycles. The van der Waals surface area contributed by atoms with E-state index in [1.165, 1.54) is 17.5 Å². The molecule has 3 rings (SSSR count). The first-order valence-electron chi connectivity index (χ1n) is 9.44. The summed E-state index contributed by atoms with van der Waals surface area (Å²) in [4.78, 5) is 25.5. The van der Waals surface area contributed by atoms with E-state index < -0.39 is 0 Å². The fraction of sp³-hybridized carbons (Fsp3) is 0.364. The topological polar surface area (TPSA) is 58.6 Å². The number of rotatable bonds is 7. The highest BCUT2D eigenvalue weighted by Gasteiger charge is 2.12. The maximum atomic E-state index is 12.2. The molecule has 0 heterocycles. The molecule has 0 atom stereocenters. The van der Waals surface area contributed by atoms with Crippen LogP contribution in [0.3, 0.4) is 0 Å². The van der Waals surface area contributed by atoms with Crippen LogP contribution in [0.15, 0.2) is 42.5 Å². The van der Waals surface area contributed by atoms with Gasteiger partial charge in [-0.15, -0.1) is 0 Å². The first kappa shape index (κ1) is 19.0. The molecule has 2 aromatic rings. The van der Waals surface area contributed by atoms with Crippen LogP contribution in [-0.4, -0.2) is 29.9 Å². The van der Waals surface area contributed by atoms with Crippen LogP contribution in [-0.2, 0) is 29.0 Å². The standard InChI is InChI=1S/C22H26N2O3/c1-3-24(16(2)25)14-17-6-4-9-20(12-17)23-22(26)15-27-21-11-10-18-7-5-8-19(18)13-21/h4,6,9-13H,3,5,7-8,14-15H2,1-2H3,(H,23,26). The summed E-state index contributed by atoms with van der Waals surface area (Å²) in [5.74, 6) is 0.570. The maximum absolute atomic E-state index is 12.2. The molecule has 5 nitrogen and oxygen atoms in total. The Morgan fingerprint density at radius 1 is 1.11 bits per heavy atom. The number of amides is 2. The van der Waals surface area contributed by atoms with E-state index in [-0.39, 0.29) is 18.4 Å². The minimum atomic E-state index is -0.202. The van der Waals surface area contributed by atoms with Gasteiger partial charge in [-0.1, -0.05) is 18.2 Å². The number of fused-ring (bicyclic) bond motifs is 1. The van der Waals surface area contributed by atoms with E-state index in [9.17, 15) is 9.59 Å². The molecule has 2 aromatic carbocycles. The Kier molecular flexibility index (Phi) is 6.12. The molecule has 0 radical (unpaired) electrons. The summed E-state index contributed by atoms with van der Waals surface area (Å²) in [5.41, 5.74) is 4.39. The molecule has 0 bridgehead atoms. The molecule has 1 aliphatic carbocycles. The SMILES string of the molecule is CCN(Cc1cccc(NC(=O)COc2ccc3c(c2)CCC3)c1)C(C)=O. The molecule has 0 unspecified atom stereocenters. The molecule has 1 aliphatic rings. The molecule has 0 aromatic heterocycles. The van der Waals surface area contributed by atoms with E-state index in [2.05, 4.69) is 11.4 Å². The number of hydrogen-bond donors (Lipinski definition) is 1. The van der Waals surface area contributed by atoms with Gasteiger partial charge in [0.15, 0.2) is 6.61 Å². The number of carbonyl (C=O) groups is 2. The van der Waals surface area contributed by atoms with Crippen LogP contribution in [0.25, 0.3) is 0 Å². The average Bonchev–Trinajstić information content (AvgIpc) is 3.12. The highest BCUT2D eigenvalue weighted by molar-refractivity contribution is 5.92. The quantitative estimate of drug-likeness (QED) is 0.815. The number of benzene rings is 2. The summed E-state index contributed by atoms with van der Waals surface area (Å²) in [5, 5.41) is 2.86. The van der Waals surface area contributed by atoms with Gasteiger partial charge in [0.25, 0.3) is 5.91 Å². The van der Waals surface area contributed by atoms with Gasteiger partial charge in [0.1, 0.15) is 5.75 Å². The molecule has 0 saturated carbocycles. The van der Waals surface area contributed by atoms with Crippen LogP contribution in [0.1, 0.15) is 37.0 Å². The van der Waals surface area contributed by atoms with Gasteiger partial charge in [-0.2, -0.15) is 0 Å². The van der Waals surface area contributed by atoms with E-state index in [4.69, 9.17) is 4.74 Å². The lowest BCUT2D eigenvalue weighted by Gasteiger charge is -2.19. The van der Waals surface area contributed by atoms with Gasteiger partial charge in [0, 0.05) is 25.7 Å². The number of carbonyl (C=O) groups excluding carboxylic acids is 2. The van der Waals surface area contributed by atoms with Gasteiger partial charge < -0.3 is 15.0 Å². The highest BCUT2D eigenvalue weighted by atomic mass is 16.5. The summed E-state index contributed by atoms with van der Waals surface area (Å²) in [6, 6.07) is 13.6. The Labute approximate surface area is 160 Å². The van der Waals surface area contributed by atoms with Crippen molar-refractivity contribution in [3.05, 3.63) is 59.2 Å². The van der Waals surface area contributed by atoms with Crippen LogP contribution < -0.4 is 10.1 Å². The Hall–Kier alpha value is -2.82. The molecule has 142 valence electrons. The number of nitrogens with one attached hydrogen (secondary N) is 1. The van der Waals surface area contributed by atoms with Gasteiger partial charge in [-0.25, -0.2) is 0 Å². The Morgan fingerprint density at radius 3 is 2.70 bits per heavy atom. The van der Waals surface area contributed by atoms with Crippen molar-refractivity contribution in [2.75, 3.05) is 18.5 Å². The number of nitrogens with zero attached hydrogens (tertiary/aromatic N) is 1. The second-order valence-corrected chi connectivity index (χ2v) is 6.85. The monoisotopic (exact) mass is 366 g/mol. The number of hydrogen-bond acceptors (Lipinski definition) is 3. The molecule has 27 heavy (non-hydrogen) atoms. The normalized spacial score (nSPS) is 12.4. The minimum Gasteiger partial charge on any atom is -0.484 e. The van der Waals surface area contributed by atoms with E-state index in [0.29, 0.717) is 18.8 Å². The number of anilines is 1. The van der Waals surface area contributed by atoms with Crippen LogP contribution in [0.5, 0.6) is 5.75 Å². The molecule has 0 spiro atoms. The van der Waals surface area contributed by atoms with E-state index >= 15 is 0 Å². The second-order valence-electron chi connectivity index (χ2n) is 6.85. The average molecular weight is 366 g/mol.